The Bertz CT molecular complexity index is 818. The molecule has 0 heterocycles. The van der Waals surface area contributed by atoms with Crippen molar-refractivity contribution in [3.8, 4) is 11.1 Å². The third kappa shape index (κ3) is 2.36. The van der Waals surface area contributed by atoms with Gasteiger partial charge in [-0.3, -0.25) is 4.79 Å². The van der Waals surface area contributed by atoms with Crippen molar-refractivity contribution in [2.24, 2.45) is 0 Å². The molecule has 3 rings (SSSR count). The van der Waals surface area contributed by atoms with Crippen molar-refractivity contribution in [3.05, 3.63) is 57.6 Å². The Morgan fingerprint density at radius 2 is 1.43 bits per heavy atom. The monoisotopic (exact) mass is 450 g/mol. The highest BCUT2D eigenvalue weighted by molar-refractivity contribution is 9.10. The van der Waals surface area contributed by atoms with Crippen molar-refractivity contribution in [1.29, 1.82) is 0 Å². The Morgan fingerprint density at radius 1 is 0.913 bits per heavy atom. The van der Waals surface area contributed by atoms with E-state index in [-0.39, 0.29) is 22.0 Å². The SMILES string of the molecule is O=C(CBr)c1ccc2c(c1)C(F)(F)C(F)(F)c1cc(Br)ccc1-2. The minimum absolute atomic E-state index is 0.00884. The first-order chi connectivity index (χ1) is 10.7. The quantitative estimate of drug-likeness (QED) is 0.316. The van der Waals surface area contributed by atoms with E-state index in [9.17, 15) is 22.4 Å². The van der Waals surface area contributed by atoms with E-state index in [2.05, 4.69) is 31.9 Å². The number of fused-ring (bicyclic) bond motifs is 3. The number of halogens is 6. The van der Waals surface area contributed by atoms with Gasteiger partial charge in [0, 0.05) is 21.2 Å². The average molecular weight is 452 g/mol. The normalized spacial score (nSPS) is 17.3. The molecule has 0 aromatic heterocycles. The summed E-state index contributed by atoms with van der Waals surface area (Å²) in [6, 6.07) is 7.41. The summed E-state index contributed by atoms with van der Waals surface area (Å²) in [6.07, 6.45) is 0. The van der Waals surface area contributed by atoms with Gasteiger partial charge in [0.1, 0.15) is 0 Å². The zero-order valence-electron chi connectivity index (χ0n) is 11.3. The van der Waals surface area contributed by atoms with Gasteiger partial charge >= 0.3 is 11.8 Å². The summed E-state index contributed by atoms with van der Waals surface area (Å²) < 4.78 is 57.9. The topological polar surface area (TPSA) is 17.1 Å². The van der Waals surface area contributed by atoms with Crippen LogP contribution in [0.1, 0.15) is 21.5 Å². The second-order valence-electron chi connectivity index (χ2n) is 5.16. The Balaban J connectivity index is 2.34. The number of hydrogen-bond donors (Lipinski definition) is 0. The van der Waals surface area contributed by atoms with Crippen LogP contribution in [0.25, 0.3) is 11.1 Å². The highest BCUT2D eigenvalue weighted by atomic mass is 79.9. The van der Waals surface area contributed by atoms with Crippen LogP contribution in [0.15, 0.2) is 40.9 Å². The number of Topliss-reactive ketones (excluding diaryl/α,β-unsaturated/α-hetero) is 1. The Labute approximate surface area is 146 Å². The molecule has 0 aliphatic heterocycles. The molecule has 2 aromatic carbocycles. The molecule has 1 aliphatic rings. The average Bonchev–Trinajstić information content (AvgIpc) is 2.52. The maximum absolute atomic E-state index is 14.4. The zero-order valence-corrected chi connectivity index (χ0v) is 14.5. The third-order valence-corrected chi connectivity index (χ3v) is 4.81. The second kappa shape index (κ2) is 5.41. The van der Waals surface area contributed by atoms with Crippen LogP contribution in [-0.4, -0.2) is 11.1 Å². The lowest BCUT2D eigenvalue weighted by molar-refractivity contribution is -0.225. The molecule has 2 aromatic rings. The lowest BCUT2D eigenvalue weighted by atomic mass is 9.79. The van der Waals surface area contributed by atoms with E-state index in [1.807, 2.05) is 0 Å². The minimum Gasteiger partial charge on any atom is -0.293 e. The summed E-state index contributed by atoms with van der Waals surface area (Å²) in [5.41, 5.74) is -1.55. The maximum atomic E-state index is 14.4. The highest BCUT2D eigenvalue weighted by Crippen LogP contribution is 2.58. The lowest BCUT2D eigenvalue weighted by Crippen LogP contribution is -2.39. The third-order valence-electron chi connectivity index (χ3n) is 3.81. The number of benzene rings is 2. The molecule has 0 radical (unpaired) electrons. The van der Waals surface area contributed by atoms with Gasteiger partial charge in [0.05, 0.1) is 5.33 Å². The van der Waals surface area contributed by atoms with Crippen molar-refractivity contribution in [2.75, 3.05) is 5.33 Å². The van der Waals surface area contributed by atoms with Crippen LogP contribution in [0, 0.1) is 0 Å². The Morgan fingerprint density at radius 3 is 2.00 bits per heavy atom. The number of hydrogen-bond acceptors (Lipinski definition) is 1. The van der Waals surface area contributed by atoms with Crippen molar-refractivity contribution < 1.29 is 22.4 Å². The van der Waals surface area contributed by atoms with Gasteiger partial charge in [-0.25, -0.2) is 0 Å². The van der Waals surface area contributed by atoms with E-state index >= 15 is 0 Å². The van der Waals surface area contributed by atoms with Gasteiger partial charge in [-0.05, 0) is 29.3 Å². The second-order valence-corrected chi connectivity index (χ2v) is 6.63. The number of ketones is 1. The molecule has 23 heavy (non-hydrogen) atoms. The van der Waals surface area contributed by atoms with Gasteiger partial charge in [-0.15, -0.1) is 0 Å². The molecule has 7 heteroatoms. The minimum atomic E-state index is -4.40. The molecule has 0 unspecified atom stereocenters. The molecule has 0 bridgehead atoms. The lowest BCUT2D eigenvalue weighted by Gasteiger charge is -2.35. The molecule has 0 saturated heterocycles. The van der Waals surface area contributed by atoms with Crippen LogP contribution in [0.4, 0.5) is 17.6 Å². The predicted octanol–water partition coefficient (Wildman–Crippen LogP) is 5.89. The van der Waals surface area contributed by atoms with Crippen LogP contribution in [0.3, 0.4) is 0 Å². The summed E-state index contributed by atoms with van der Waals surface area (Å²) in [5, 5.41) is -0.0721. The number of alkyl halides is 5. The number of carbonyl (C=O) groups is 1. The largest absolute Gasteiger partial charge is 0.340 e. The van der Waals surface area contributed by atoms with Gasteiger partial charge in [0.15, 0.2) is 5.78 Å². The molecule has 1 aliphatic carbocycles. The van der Waals surface area contributed by atoms with E-state index in [1.165, 1.54) is 24.3 Å². The Hall–Kier alpha value is -1.21. The molecule has 0 saturated carbocycles. The summed E-state index contributed by atoms with van der Waals surface area (Å²) >= 11 is 5.97. The van der Waals surface area contributed by atoms with Gasteiger partial charge in [0.2, 0.25) is 0 Å². The van der Waals surface area contributed by atoms with Crippen molar-refractivity contribution in [1.82, 2.24) is 0 Å². The van der Waals surface area contributed by atoms with Crippen LogP contribution < -0.4 is 0 Å². The molecule has 0 spiro atoms. The van der Waals surface area contributed by atoms with Crippen LogP contribution in [0.5, 0.6) is 0 Å². The molecule has 0 amide bonds. The van der Waals surface area contributed by atoms with E-state index < -0.39 is 28.8 Å². The predicted molar refractivity (Wildman–Crippen MR) is 85.5 cm³/mol. The Kier molecular flexibility index (Phi) is 3.92. The van der Waals surface area contributed by atoms with E-state index in [4.69, 9.17) is 0 Å². The summed E-state index contributed by atoms with van der Waals surface area (Å²) in [4.78, 5) is 11.7. The zero-order chi connectivity index (χ0) is 17.0. The molecular weight excluding hydrogens is 444 g/mol. The molecule has 0 atom stereocenters. The van der Waals surface area contributed by atoms with E-state index in [0.29, 0.717) is 4.47 Å². The summed E-state index contributed by atoms with van der Waals surface area (Å²) in [6.45, 7) is 0. The summed E-state index contributed by atoms with van der Waals surface area (Å²) in [5.74, 6) is -9.22. The van der Waals surface area contributed by atoms with Crippen LogP contribution >= 0.6 is 31.9 Å². The molecule has 0 fully saturated rings. The molecule has 120 valence electrons. The van der Waals surface area contributed by atoms with E-state index in [1.54, 1.807) is 0 Å². The van der Waals surface area contributed by atoms with Gasteiger partial charge in [-0.2, -0.15) is 17.6 Å². The van der Waals surface area contributed by atoms with Crippen molar-refractivity contribution in [3.63, 3.8) is 0 Å². The first kappa shape index (κ1) is 16.6. The maximum Gasteiger partial charge on any atom is 0.340 e. The first-order valence-electron chi connectivity index (χ1n) is 6.50. The number of rotatable bonds is 2. The van der Waals surface area contributed by atoms with Gasteiger partial charge in [0.25, 0.3) is 0 Å². The fourth-order valence-corrected chi connectivity index (χ4v) is 3.32. The van der Waals surface area contributed by atoms with Gasteiger partial charge < -0.3 is 0 Å². The van der Waals surface area contributed by atoms with Crippen molar-refractivity contribution >= 4 is 37.6 Å². The first-order valence-corrected chi connectivity index (χ1v) is 8.41. The molecule has 0 N–H and O–H groups in total. The summed E-state index contributed by atoms with van der Waals surface area (Å²) in [7, 11) is 0. The van der Waals surface area contributed by atoms with Crippen LogP contribution in [-0.2, 0) is 11.8 Å². The standard InChI is InChI=1S/C16H8Br2F4O/c17-7-14(23)8-1-3-10-11-4-2-9(18)6-13(11)16(21,22)15(19,20)12(10)5-8/h1-6H,7H2. The highest BCUT2D eigenvalue weighted by Gasteiger charge is 2.62. The van der Waals surface area contributed by atoms with Crippen molar-refractivity contribution in [2.45, 2.75) is 11.8 Å². The smallest absolute Gasteiger partial charge is 0.293 e. The fraction of sp³-hybridized carbons (Fsp3) is 0.188. The molecule has 1 nitrogen and oxygen atoms in total. The molecular formula is C16H8Br2F4O. The van der Waals surface area contributed by atoms with Gasteiger partial charge in [-0.1, -0.05) is 50.1 Å². The fourth-order valence-electron chi connectivity index (χ4n) is 2.64. The van der Waals surface area contributed by atoms with Crippen LogP contribution in [0.2, 0.25) is 0 Å². The number of carbonyl (C=O) groups excluding carboxylic acids is 1. The van der Waals surface area contributed by atoms with E-state index in [0.717, 1.165) is 12.1 Å².